The highest BCUT2D eigenvalue weighted by Gasteiger charge is 2.12. The maximum atomic E-state index is 13.3. The molecule has 132 valence electrons. The molecule has 0 radical (unpaired) electrons. The predicted octanol–water partition coefficient (Wildman–Crippen LogP) is 4.20. The third kappa shape index (κ3) is 4.13. The lowest BCUT2D eigenvalue weighted by molar-refractivity contribution is 0.0602. The van der Waals surface area contributed by atoms with Crippen molar-refractivity contribution in [3.63, 3.8) is 0 Å². The molecule has 0 aliphatic heterocycles. The molecule has 6 nitrogen and oxygen atoms in total. The van der Waals surface area contributed by atoms with E-state index in [0.717, 1.165) is 0 Å². The first-order valence-electron chi connectivity index (χ1n) is 7.88. The molecule has 1 heterocycles. The van der Waals surface area contributed by atoms with Crippen LogP contribution in [0, 0.1) is 12.7 Å². The van der Waals surface area contributed by atoms with Crippen molar-refractivity contribution < 1.29 is 13.9 Å². The minimum atomic E-state index is -0.447. The molecule has 0 aliphatic carbocycles. The molecule has 0 unspecified atom stereocenters. The van der Waals surface area contributed by atoms with E-state index in [1.54, 1.807) is 49.4 Å². The highest BCUT2D eigenvalue weighted by molar-refractivity contribution is 5.96. The maximum Gasteiger partial charge on any atom is 0.339 e. The van der Waals surface area contributed by atoms with Crippen molar-refractivity contribution >= 4 is 29.0 Å². The first-order valence-corrected chi connectivity index (χ1v) is 7.88. The second-order valence-electron chi connectivity index (χ2n) is 5.48. The van der Waals surface area contributed by atoms with E-state index in [1.807, 2.05) is 0 Å². The highest BCUT2D eigenvalue weighted by atomic mass is 19.1. The first kappa shape index (κ1) is 17.3. The van der Waals surface area contributed by atoms with Crippen LogP contribution in [0.3, 0.4) is 0 Å². The van der Waals surface area contributed by atoms with Gasteiger partial charge in [0.05, 0.1) is 18.4 Å². The number of nitrogens with one attached hydrogen (secondary N) is 2. The maximum absolute atomic E-state index is 13.3. The zero-order chi connectivity index (χ0) is 18.5. The molecule has 0 aliphatic rings. The second kappa shape index (κ2) is 7.60. The Morgan fingerprint density at radius 2 is 1.73 bits per heavy atom. The fourth-order valence-corrected chi connectivity index (χ4v) is 2.43. The summed E-state index contributed by atoms with van der Waals surface area (Å²) in [5.41, 5.74) is 1.53. The number of esters is 1. The Morgan fingerprint density at radius 1 is 1.00 bits per heavy atom. The van der Waals surface area contributed by atoms with Crippen molar-refractivity contribution in [2.24, 2.45) is 0 Å². The van der Waals surface area contributed by atoms with Gasteiger partial charge in [-0.2, -0.15) is 0 Å². The van der Waals surface area contributed by atoms with Crippen LogP contribution in [0.1, 0.15) is 16.2 Å². The standard InChI is InChI=1S/C19H17FN4O2/c1-12-21-17(23-14-7-5-6-13(20)10-14)11-18(22-12)24-16-9-4-3-8-15(16)19(25)26-2/h3-11H,1-2H3,(H2,21,22,23,24). The van der Waals surface area contributed by atoms with Crippen molar-refractivity contribution in [3.8, 4) is 0 Å². The number of benzene rings is 2. The Balaban J connectivity index is 1.88. The zero-order valence-electron chi connectivity index (χ0n) is 14.3. The summed E-state index contributed by atoms with van der Waals surface area (Å²) < 4.78 is 18.1. The lowest BCUT2D eigenvalue weighted by Gasteiger charge is -2.12. The Labute approximate surface area is 150 Å². The summed E-state index contributed by atoms with van der Waals surface area (Å²) in [7, 11) is 1.33. The third-order valence-electron chi connectivity index (χ3n) is 3.53. The molecular formula is C19H17FN4O2. The van der Waals surface area contributed by atoms with Crippen LogP contribution in [0.5, 0.6) is 0 Å². The van der Waals surface area contributed by atoms with Crippen molar-refractivity contribution in [2.75, 3.05) is 17.7 Å². The van der Waals surface area contributed by atoms with Gasteiger partial charge in [0.15, 0.2) is 0 Å². The summed E-state index contributed by atoms with van der Waals surface area (Å²) in [6, 6.07) is 14.7. The molecule has 3 rings (SSSR count). The molecule has 3 aromatic rings. The van der Waals surface area contributed by atoms with E-state index in [0.29, 0.717) is 34.4 Å². The van der Waals surface area contributed by atoms with Crippen LogP contribution >= 0.6 is 0 Å². The molecule has 0 saturated heterocycles. The average molecular weight is 352 g/mol. The number of aryl methyl sites for hydroxylation is 1. The zero-order valence-corrected chi connectivity index (χ0v) is 14.3. The van der Waals surface area contributed by atoms with Gasteiger partial charge < -0.3 is 15.4 Å². The lowest BCUT2D eigenvalue weighted by Crippen LogP contribution is -2.07. The minimum absolute atomic E-state index is 0.342. The Hall–Kier alpha value is -3.48. The average Bonchev–Trinajstić information content (AvgIpc) is 2.61. The number of para-hydroxylation sites is 1. The smallest absolute Gasteiger partial charge is 0.339 e. The molecule has 2 N–H and O–H groups in total. The predicted molar refractivity (Wildman–Crippen MR) is 97.5 cm³/mol. The number of anilines is 4. The van der Waals surface area contributed by atoms with Crippen LogP contribution in [0.4, 0.5) is 27.4 Å². The van der Waals surface area contributed by atoms with Gasteiger partial charge in [-0.3, -0.25) is 0 Å². The number of hydrogen-bond donors (Lipinski definition) is 2. The van der Waals surface area contributed by atoms with E-state index < -0.39 is 5.97 Å². The lowest BCUT2D eigenvalue weighted by atomic mass is 10.2. The van der Waals surface area contributed by atoms with E-state index >= 15 is 0 Å². The van der Waals surface area contributed by atoms with E-state index in [-0.39, 0.29) is 5.82 Å². The number of carbonyl (C=O) groups excluding carboxylic acids is 1. The molecule has 0 spiro atoms. The topological polar surface area (TPSA) is 76.1 Å². The van der Waals surface area contributed by atoms with E-state index in [9.17, 15) is 9.18 Å². The van der Waals surface area contributed by atoms with E-state index in [2.05, 4.69) is 20.6 Å². The fourth-order valence-electron chi connectivity index (χ4n) is 2.43. The molecule has 0 atom stereocenters. The van der Waals surface area contributed by atoms with Gasteiger partial charge in [-0.15, -0.1) is 0 Å². The van der Waals surface area contributed by atoms with Gasteiger partial charge in [-0.25, -0.2) is 19.2 Å². The monoisotopic (exact) mass is 352 g/mol. The highest BCUT2D eigenvalue weighted by Crippen LogP contribution is 2.23. The number of rotatable bonds is 5. The normalized spacial score (nSPS) is 10.3. The van der Waals surface area contributed by atoms with Crippen LogP contribution in [-0.2, 0) is 4.74 Å². The summed E-state index contributed by atoms with van der Waals surface area (Å²) in [4.78, 5) is 20.5. The number of aromatic nitrogens is 2. The number of carbonyl (C=O) groups is 1. The fraction of sp³-hybridized carbons (Fsp3) is 0.105. The van der Waals surface area contributed by atoms with Gasteiger partial charge in [0, 0.05) is 11.8 Å². The van der Waals surface area contributed by atoms with Gasteiger partial charge in [-0.1, -0.05) is 18.2 Å². The van der Waals surface area contributed by atoms with Crippen LogP contribution in [0.2, 0.25) is 0 Å². The third-order valence-corrected chi connectivity index (χ3v) is 3.53. The van der Waals surface area contributed by atoms with Crippen LogP contribution in [-0.4, -0.2) is 23.0 Å². The van der Waals surface area contributed by atoms with Crippen LogP contribution < -0.4 is 10.6 Å². The molecule has 2 aromatic carbocycles. The van der Waals surface area contributed by atoms with Crippen molar-refractivity contribution in [3.05, 3.63) is 71.8 Å². The van der Waals surface area contributed by atoms with Crippen LogP contribution in [0.15, 0.2) is 54.6 Å². The first-order chi connectivity index (χ1) is 12.5. The summed E-state index contributed by atoms with van der Waals surface area (Å²) in [6.07, 6.45) is 0. The number of nitrogens with zero attached hydrogens (tertiary/aromatic N) is 2. The van der Waals surface area contributed by atoms with Crippen molar-refractivity contribution in [1.82, 2.24) is 9.97 Å². The number of ether oxygens (including phenoxy) is 1. The van der Waals surface area contributed by atoms with Gasteiger partial charge in [0.2, 0.25) is 0 Å². The summed E-state index contributed by atoms with van der Waals surface area (Å²) >= 11 is 0. The number of halogens is 1. The SMILES string of the molecule is COC(=O)c1ccccc1Nc1cc(Nc2cccc(F)c2)nc(C)n1. The largest absolute Gasteiger partial charge is 0.465 e. The summed E-state index contributed by atoms with van der Waals surface area (Å²) in [5, 5.41) is 6.14. The Morgan fingerprint density at radius 3 is 2.46 bits per heavy atom. The molecule has 1 aromatic heterocycles. The number of methoxy groups -OCH3 is 1. The molecule has 0 fully saturated rings. The number of hydrogen-bond acceptors (Lipinski definition) is 6. The molecule has 0 bridgehead atoms. The molecule has 0 amide bonds. The summed E-state index contributed by atoms with van der Waals surface area (Å²) in [6.45, 7) is 1.74. The van der Waals surface area contributed by atoms with Crippen molar-refractivity contribution in [2.45, 2.75) is 6.92 Å². The van der Waals surface area contributed by atoms with Crippen LogP contribution in [0.25, 0.3) is 0 Å². The van der Waals surface area contributed by atoms with Crippen molar-refractivity contribution in [1.29, 1.82) is 0 Å². The molecule has 26 heavy (non-hydrogen) atoms. The van der Waals surface area contributed by atoms with Gasteiger partial charge in [-0.05, 0) is 37.3 Å². The second-order valence-corrected chi connectivity index (χ2v) is 5.48. The van der Waals surface area contributed by atoms with Gasteiger partial charge in [0.1, 0.15) is 23.3 Å². The molecule has 7 heteroatoms. The Bertz CT molecular complexity index is 946. The summed E-state index contributed by atoms with van der Waals surface area (Å²) in [5.74, 6) is 0.724. The van der Waals surface area contributed by atoms with E-state index in [4.69, 9.17) is 4.74 Å². The van der Waals surface area contributed by atoms with E-state index in [1.165, 1.54) is 19.2 Å². The molecular weight excluding hydrogens is 335 g/mol. The van der Waals surface area contributed by atoms with Gasteiger partial charge in [0.25, 0.3) is 0 Å². The minimum Gasteiger partial charge on any atom is -0.465 e. The molecule has 0 saturated carbocycles. The van der Waals surface area contributed by atoms with Gasteiger partial charge >= 0.3 is 5.97 Å². The Kier molecular flexibility index (Phi) is 5.07. The quantitative estimate of drug-likeness (QED) is 0.670.